The van der Waals surface area contributed by atoms with Crippen LogP contribution < -0.4 is 0 Å². The summed E-state index contributed by atoms with van der Waals surface area (Å²) in [6, 6.07) is 8.08. The molecule has 0 amide bonds. The fraction of sp³-hybridized carbons (Fsp3) is 0.375. The number of H-pyrrole nitrogens is 1. The van der Waals surface area contributed by atoms with E-state index in [1.807, 2.05) is 24.5 Å². The highest BCUT2D eigenvalue weighted by atomic mass is 19.1. The normalized spacial score (nSPS) is 20.9. The van der Waals surface area contributed by atoms with Crippen LogP contribution in [0.3, 0.4) is 0 Å². The molecule has 1 aliphatic rings. The zero-order valence-electron chi connectivity index (χ0n) is 18.5. The molecule has 0 atom stereocenters. The Morgan fingerprint density at radius 3 is 2.67 bits per heavy atom. The maximum atomic E-state index is 14.8. The molecule has 172 valence electrons. The average Bonchev–Trinajstić information content (AvgIpc) is 3.32. The van der Waals surface area contributed by atoms with Crippen molar-refractivity contribution >= 4 is 28.0 Å². The molecule has 3 aromatic heterocycles. The van der Waals surface area contributed by atoms with Gasteiger partial charge in [-0.25, -0.2) is 18.6 Å². The van der Waals surface area contributed by atoms with E-state index in [4.69, 9.17) is 9.72 Å². The number of nitrogens with zero attached hydrogens (tertiary/aromatic N) is 3. The average molecular weight is 454 g/mol. The Morgan fingerprint density at radius 1 is 1.33 bits per heavy atom. The van der Waals surface area contributed by atoms with Crippen LogP contribution in [-0.4, -0.2) is 50.2 Å². The molecule has 1 saturated carbocycles. The largest absolute Gasteiger partial charge is 0.479 e. The number of halogens is 2. The van der Waals surface area contributed by atoms with E-state index >= 15 is 0 Å². The maximum Gasteiger partial charge on any atom is 0.341 e. The Hall–Kier alpha value is -3.33. The highest BCUT2D eigenvalue weighted by Crippen LogP contribution is 2.53. The number of aromatic nitrogens is 4. The van der Waals surface area contributed by atoms with Crippen molar-refractivity contribution < 1.29 is 23.4 Å². The van der Waals surface area contributed by atoms with Crippen LogP contribution in [0.5, 0.6) is 0 Å². The molecule has 0 unspecified atom stereocenters. The Labute approximate surface area is 188 Å². The van der Waals surface area contributed by atoms with Crippen molar-refractivity contribution in [2.45, 2.75) is 43.7 Å². The topological polar surface area (TPSA) is 93.0 Å². The Kier molecular flexibility index (Phi) is 4.79. The third-order valence-corrected chi connectivity index (χ3v) is 6.54. The Balaban J connectivity index is 1.85. The first-order valence-electron chi connectivity index (χ1n) is 10.7. The van der Waals surface area contributed by atoms with Crippen LogP contribution >= 0.6 is 0 Å². The van der Waals surface area contributed by atoms with Gasteiger partial charge in [-0.1, -0.05) is 13.8 Å². The molecule has 33 heavy (non-hydrogen) atoms. The lowest BCUT2D eigenvalue weighted by Gasteiger charge is -2.40. The highest BCUT2D eigenvalue weighted by molar-refractivity contribution is 5.94. The third kappa shape index (κ3) is 3.30. The molecule has 3 heterocycles. The van der Waals surface area contributed by atoms with Gasteiger partial charge in [0.1, 0.15) is 5.82 Å². The zero-order chi connectivity index (χ0) is 23.5. The first-order chi connectivity index (χ1) is 15.6. The minimum atomic E-state index is -2.25. The predicted molar refractivity (Wildman–Crippen MR) is 119 cm³/mol. The van der Waals surface area contributed by atoms with E-state index in [-0.39, 0.29) is 24.6 Å². The van der Waals surface area contributed by atoms with Gasteiger partial charge in [-0.05, 0) is 49.1 Å². The van der Waals surface area contributed by atoms with E-state index in [2.05, 4.69) is 10.2 Å². The second kappa shape index (κ2) is 7.34. The second-order valence-electron chi connectivity index (χ2n) is 9.43. The van der Waals surface area contributed by atoms with Crippen LogP contribution in [0.2, 0.25) is 0 Å². The summed E-state index contributed by atoms with van der Waals surface area (Å²) in [4.78, 5) is 16.3. The van der Waals surface area contributed by atoms with Gasteiger partial charge in [-0.3, -0.25) is 5.10 Å². The maximum absolute atomic E-state index is 14.8. The van der Waals surface area contributed by atoms with E-state index in [0.717, 1.165) is 27.8 Å². The number of carboxylic acids is 1. The molecule has 0 saturated heterocycles. The van der Waals surface area contributed by atoms with Crippen molar-refractivity contribution in [3.63, 3.8) is 0 Å². The van der Waals surface area contributed by atoms with Crippen molar-refractivity contribution in [3.05, 3.63) is 53.6 Å². The summed E-state index contributed by atoms with van der Waals surface area (Å²) in [5.41, 5.74) is 1.56. The molecule has 4 aromatic rings. The van der Waals surface area contributed by atoms with Crippen LogP contribution in [0, 0.1) is 5.82 Å². The molecule has 5 rings (SSSR count). The van der Waals surface area contributed by atoms with Gasteiger partial charge in [-0.15, -0.1) is 0 Å². The number of hydrogen-bond donors (Lipinski definition) is 2. The van der Waals surface area contributed by atoms with Gasteiger partial charge < -0.3 is 14.4 Å². The molecular weight excluding hydrogens is 430 g/mol. The van der Waals surface area contributed by atoms with Gasteiger partial charge >= 0.3 is 5.97 Å². The number of carbonyl (C=O) groups is 1. The number of pyridine rings is 1. The molecule has 0 radical (unpaired) electrons. The predicted octanol–water partition coefficient (Wildman–Crippen LogP) is 4.64. The third-order valence-electron chi connectivity index (χ3n) is 6.54. The first-order valence-corrected chi connectivity index (χ1v) is 10.7. The molecular formula is C24H24F2N4O3. The van der Waals surface area contributed by atoms with Gasteiger partial charge in [0.25, 0.3) is 0 Å². The fourth-order valence-corrected chi connectivity index (χ4v) is 5.03. The van der Waals surface area contributed by atoms with Gasteiger partial charge in [-0.2, -0.15) is 5.10 Å². The summed E-state index contributed by atoms with van der Waals surface area (Å²) >= 11 is 0. The number of aliphatic carboxylic acids is 1. The molecule has 0 aliphatic heterocycles. The van der Waals surface area contributed by atoms with Crippen LogP contribution in [0.1, 0.15) is 43.9 Å². The number of alkyl halides is 1. The number of benzene rings is 1. The van der Waals surface area contributed by atoms with Crippen LogP contribution in [0.15, 0.2) is 36.5 Å². The molecule has 9 heteroatoms. The van der Waals surface area contributed by atoms with E-state index in [9.17, 15) is 18.7 Å². The number of fused-ring (bicyclic) bond motifs is 2. The molecule has 0 spiro atoms. The highest BCUT2D eigenvalue weighted by Gasteiger charge is 2.54. The Morgan fingerprint density at radius 2 is 2.03 bits per heavy atom. The number of nitrogens with one attached hydrogen (secondary N) is 1. The van der Waals surface area contributed by atoms with E-state index in [1.54, 1.807) is 25.4 Å². The fourth-order valence-electron chi connectivity index (χ4n) is 5.03. The molecule has 1 aliphatic carbocycles. The van der Waals surface area contributed by atoms with E-state index < -0.39 is 17.1 Å². The standard InChI is InChI=1S/C24H24F2N4O3/c1-23(2,12-33-3)20-18(14-9-24(26,10-14)22(31)32)19-17(8-13-11-27-29-21(13)28-19)30(20)16-6-4-15(25)5-7-16/h4-8,11,14H,9-10,12H2,1-3H3,(H,31,32)(H,27,28,29)/t14-,24+. The number of methoxy groups -OCH3 is 1. The summed E-state index contributed by atoms with van der Waals surface area (Å²) in [7, 11) is 1.61. The number of carboxylic acid groups (broad SMARTS) is 1. The van der Waals surface area contributed by atoms with Gasteiger partial charge in [0.15, 0.2) is 5.65 Å². The molecule has 1 fully saturated rings. The van der Waals surface area contributed by atoms with Crippen molar-refractivity contribution in [1.29, 1.82) is 0 Å². The van der Waals surface area contributed by atoms with Crippen molar-refractivity contribution in [2.75, 3.05) is 13.7 Å². The number of hydrogen-bond acceptors (Lipinski definition) is 4. The van der Waals surface area contributed by atoms with Gasteiger partial charge in [0.05, 0.1) is 23.8 Å². The molecule has 2 N–H and O–H groups in total. The number of aromatic amines is 1. The van der Waals surface area contributed by atoms with E-state index in [0.29, 0.717) is 17.8 Å². The monoisotopic (exact) mass is 454 g/mol. The summed E-state index contributed by atoms with van der Waals surface area (Å²) < 4.78 is 36.1. The van der Waals surface area contributed by atoms with Crippen LogP contribution in [0.4, 0.5) is 8.78 Å². The smallest absolute Gasteiger partial charge is 0.341 e. The number of rotatable bonds is 6. The molecule has 0 bridgehead atoms. The second-order valence-corrected chi connectivity index (χ2v) is 9.43. The van der Waals surface area contributed by atoms with Crippen molar-refractivity contribution in [2.24, 2.45) is 0 Å². The minimum Gasteiger partial charge on any atom is -0.479 e. The molecule has 1 aromatic carbocycles. The van der Waals surface area contributed by atoms with Gasteiger partial charge in [0, 0.05) is 34.9 Å². The summed E-state index contributed by atoms with van der Waals surface area (Å²) in [5, 5.41) is 17.1. The van der Waals surface area contributed by atoms with Crippen molar-refractivity contribution in [1.82, 2.24) is 19.7 Å². The summed E-state index contributed by atoms with van der Waals surface area (Å²) in [6.07, 6.45) is 1.40. The zero-order valence-corrected chi connectivity index (χ0v) is 18.5. The lowest BCUT2D eigenvalue weighted by Crippen LogP contribution is -2.46. The lowest BCUT2D eigenvalue weighted by molar-refractivity contribution is -0.158. The minimum absolute atomic E-state index is 0.135. The quantitative estimate of drug-likeness (QED) is 0.443. The summed E-state index contributed by atoms with van der Waals surface area (Å²) in [5.74, 6) is -2.14. The molecule has 7 nitrogen and oxygen atoms in total. The number of ether oxygens (including phenoxy) is 1. The van der Waals surface area contributed by atoms with Crippen molar-refractivity contribution in [3.8, 4) is 5.69 Å². The van der Waals surface area contributed by atoms with E-state index in [1.165, 1.54) is 12.1 Å². The Bertz CT molecular complexity index is 1370. The van der Waals surface area contributed by atoms with Gasteiger partial charge in [0.2, 0.25) is 5.67 Å². The SMILES string of the molecule is COCC(C)(C)c1c([C@H]2C[C@](F)(C(=O)O)C2)c2nc3[nH]ncc3cc2n1-c1ccc(F)cc1. The van der Waals surface area contributed by atoms with Crippen LogP contribution in [0.25, 0.3) is 27.8 Å². The summed E-state index contributed by atoms with van der Waals surface area (Å²) in [6.45, 7) is 4.39. The van der Waals surface area contributed by atoms with Crippen LogP contribution in [-0.2, 0) is 14.9 Å². The lowest BCUT2D eigenvalue weighted by atomic mass is 9.67. The first kappa shape index (κ1) is 21.5.